The first-order valence-electron chi connectivity index (χ1n) is 4.50. The predicted molar refractivity (Wildman–Crippen MR) is 63.9 cm³/mol. The van der Waals surface area contributed by atoms with Gasteiger partial charge in [-0.15, -0.1) is 0 Å². The molecule has 0 amide bonds. The Morgan fingerprint density at radius 3 is 2.21 bits per heavy atom. The first kappa shape index (κ1) is 13.3. The molecule has 0 saturated heterocycles. The van der Waals surface area contributed by atoms with Crippen molar-refractivity contribution in [3.8, 4) is 0 Å². The molecule has 0 rings (SSSR count). The number of halogens is 1. The topological polar surface area (TPSA) is 38.0 Å². The van der Waals surface area contributed by atoms with E-state index in [2.05, 4.69) is 11.9 Å². The van der Waals surface area contributed by atoms with Gasteiger partial charge in [0, 0.05) is 0 Å². The van der Waals surface area contributed by atoms with Crippen molar-refractivity contribution in [3.63, 3.8) is 0 Å². The van der Waals surface area contributed by atoms with Crippen LogP contribution in [-0.2, 0) is 0 Å². The van der Waals surface area contributed by atoms with Gasteiger partial charge in [-0.3, -0.25) is 0 Å². The van der Waals surface area contributed by atoms with E-state index in [0.29, 0.717) is 5.03 Å². The monoisotopic (exact) mass is 214 g/mol. The Balaban J connectivity index is 4.95. The molecule has 0 aliphatic rings. The zero-order chi connectivity index (χ0) is 11.4. The summed E-state index contributed by atoms with van der Waals surface area (Å²) in [4.78, 5) is 0. The lowest BCUT2D eigenvalue weighted by atomic mass is 10.2. The molecule has 0 fully saturated rings. The van der Waals surface area contributed by atoms with Crippen molar-refractivity contribution in [2.75, 3.05) is 0 Å². The molecule has 0 radical (unpaired) electrons. The highest BCUT2D eigenvalue weighted by molar-refractivity contribution is 6.31. The molecule has 2 nitrogen and oxygen atoms in total. The maximum Gasteiger partial charge on any atom is 0.0799 e. The summed E-state index contributed by atoms with van der Waals surface area (Å²) in [5.41, 5.74) is 7.29. The summed E-state index contributed by atoms with van der Waals surface area (Å²) in [5.74, 6) is 0. The molecule has 0 heterocycles. The van der Waals surface area contributed by atoms with Crippen molar-refractivity contribution in [1.29, 1.82) is 0 Å². The number of nitrogens with one attached hydrogen (secondary N) is 1. The second-order valence-corrected chi connectivity index (χ2v) is 4.44. The normalized spacial score (nSPS) is 13.0. The van der Waals surface area contributed by atoms with Gasteiger partial charge in [-0.05, 0) is 39.8 Å². The fourth-order valence-corrected chi connectivity index (χ4v) is 1.01. The summed E-state index contributed by atoms with van der Waals surface area (Å²) in [6.45, 7) is 11.4. The molecule has 3 heteroatoms. The van der Waals surface area contributed by atoms with Crippen LogP contribution in [-0.4, -0.2) is 5.66 Å². The van der Waals surface area contributed by atoms with Crippen molar-refractivity contribution in [3.05, 3.63) is 35.0 Å². The van der Waals surface area contributed by atoms with Crippen molar-refractivity contribution in [1.82, 2.24) is 5.32 Å². The summed E-state index contributed by atoms with van der Waals surface area (Å²) < 4.78 is 0. The number of allylic oxidation sites excluding steroid dienone is 4. The zero-order valence-corrected chi connectivity index (χ0v) is 10.1. The van der Waals surface area contributed by atoms with Crippen molar-refractivity contribution in [2.45, 2.75) is 33.4 Å². The van der Waals surface area contributed by atoms with E-state index in [1.807, 2.05) is 33.8 Å². The first-order chi connectivity index (χ1) is 6.26. The van der Waals surface area contributed by atoms with E-state index in [1.54, 1.807) is 6.08 Å². The van der Waals surface area contributed by atoms with E-state index in [1.165, 1.54) is 0 Å². The zero-order valence-electron chi connectivity index (χ0n) is 9.32. The van der Waals surface area contributed by atoms with Gasteiger partial charge in [0.2, 0.25) is 0 Å². The number of nitrogens with two attached hydrogens (primary N) is 1. The van der Waals surface area contributed by atoms with Gasteiger partial charge in [-0.1, -0.05) is 23.8 Å². The lowest BCUT2D eigenvalue weighted by molar-refractivity contribution is 0.452. The van der Waals surface area contributed by atoms with E-state index >= 15 is 0 Å². The third kappa shape index (κ3) is 5.84. The molecule has 0 atom stereocenters. The van der Waals surface area contributed by atoms with Crippen LogP contribution >= 0.6 is 11.6 Å². The fraction of sp³-hybridized carbons (Fsp3) is 0.455. The molecular formula is C11H19ClN2. The largest absolute Gasteiger partial charge is 0.367 e. The molecule has 0 aromatic carbocycles. The Labute approximate surface area is 91.5 Å². The number of hydrogen-bond acceptors (Lipinski definition) is 2. The van der Waals surface area contributed by atoms with Crippen LogP contribution in [0.4, 0.5) is 0 Å². The molecule has 80 valence electrons. The highest BCUT2D eigenvalue weighted by Crippen LogP contribution is 2.13. The molecule has 3 N–H and O–H groups in total. The van der Waals surface area contributed by atoms with Gasteiger partial charge in [-0.2, -0.15) is 0 Å². The summed E-state index contributed by atoms with van der Waals surface area (Å²) in [5, 5.41) is 3.69. The van der Waals surface area contributed by atoms with E-state index in [0.717, 1.165) is 11.3 Å². The minimum Gasteiger partial charge on any atom is -0.367 e. The van der Waals surface area contributed by atoms with E-state index in [9.17, 15) is 0 Å². The molecule has 0 unspecified atom stereocenters. The molecule has 14 heavy (non-hydrogen) atoms. The standard InChI is InChI=1S/C11H19ClN2/c1-6-9(12)10(7-8(2)3)14-11(4,5)13/h6-7,14H,1,13H2,2-5H3/b10-9-. The Bertz CT molecular complexity index is 266. The Kier molecular flexibility index (Phi) is 4.95. The number of hydrogen-bond donors (Lipinski definition) is 2. The molecule has 0 aromatic rings. The number of rotatable bonds is 4. The van der Waals surface area contributed by atoms with E-state index < -0.39 is 5.66 Å². The van der Waals surface area contributed by atoms with Crippen LogP contribution < -0.4 is 11.1 Å². The van der Waals surface area contributed by atoms with Gasteiger partial charge in [0.25, 0.3) is 0 Å². The van der Waals surface area contributed by atoms with Crippen molar-refractivity contribution < 1.29 is 0 Å². The SMILES string of the molecule is C=C/C(Cl)=C(\C=C(C)C)NC(C)(C)N. The average Bonchev–Trinajstić information content (AvgIpc) is 1.98. The van der Waals surface area contributed by atoms with Crippen LogP contribution in [0.3, 0.4) is 0 Å². The highest BCUT2D eigenvalue weighted by atomic mass is 35.5. The Hall–Kier alpha value is -0.730. The van der Waals surface area contributed by atoms with E-state index in [-0.39, 0.29) is 0 Å². The molecule has 0 aromatic heterocycles. The lowest BCUT2D eigenvalue weighted by Gasteiger charge is -2.23. The summed E-state index contributed by atoms with van der Waals surface area (Å²) in [6, 6.07) is 0. The molecule has 0 spiro atoms. The van der Waals surface area contributed by atoms with Gasteiger partial charge in [0.1, 0.15) is 0 Å². The minimum atomic E-state index is -0.496. The quantitative estimate of drug-likeness (QED) is 0.558. The van der Waals surface area contributed by atoms with Crippen LogP contribution in [0.25, 0.3) is 0 Å². The molecule has 0 saturated carbocycles. The second kappa shape index (κ2) is 5.23. The third-order valence-corrected chi connectivity index (χ3v) is 1.68. The predicted octanol–water partition coefficient (Wildman–Crippen LogP) is 2.87. The second-order valence-electron chi connectivity index (χ2n) is 4.03. The van der Waals surface area contributed by atoms with Gasteiger partial charge in [-0.25, -0.2) is 0 Å². The van der Waals surface area contributed by atoms with Gasteiger partial charge in [0.05, 0.1) is 16.4 Å². The van der Waals surface area contributed by atoms with Crippen LogP contribution in [0.5, 0.6) is 0 Å². The smallest absolute Gasteiger partial charge is 0.0799 e. The summed E-state index contributed by atoms with van der Waals surface area (Å²) in [7, 11) is 0. The molecule has 0 bridgehead atoms. The van der Waals surface area contributed by atoms with Crippen LogP contribution in [0.1, 0.15) is 27.7 Å². The van der Waals surface area contributed by atoms with Crippen molar-refractivity contribution in [2.24, 2.45) is 5.73 Å². The minimum absolute atomic E-state index is 0.496. The Morgan fingerprint density at radius 2 is 1.93 bits per heavy atom. The van der Waals surface area contributed by atoms with E-state index in [4.69, 9.17) is 17.3 Å². The first-order valence-corrected chi connectivity index (χ1v) is 4.88. The lowest BCUT2D eigenvalue weighted by Crippen LogP contribution is -2.47. The van der Waals surface area contributed by atoms with Crippen LogP contribution in [0.2, 0.25) is 0 Å². The maximum atomic E-state index is 5.98. The highest BCUT2D eigenvalue weighted by Gasteiger charge is 2.11. The van der Waals surface area contributed by atoms with Gasteiger partial charge < -0.3 is 11.1 Å². The fourth-order valence-electron chi connectivity index (χ4n) is 0.910. The molecule has 0 aliphatic carbocycles. The van der Waals surface area contributed by atoms with Crippen molar-refractivity contribution >= 4 is 11.6 Å². The Morgan fingerprint density at radius 1 is 1.43 bits per heavy atom. The maximum absolute atomic E-state index is 5.98. The van der Waals surface area contributed by atoms with Gasteiger partial charge >= 0.3 is 0 Å². The van der Waals surface area contributed by atoms with Crippen LogP contribution in [0, 0.1) is 0 Å². The summed E-state index contributed by atoms with van der Waals surface area (Å²) >= 11 is 5.98. The van der Waals surface area contributed by atoms with Crippen LogP contribution in [0.15, 0.2) is 35.0 Å². The summed E-state index contributed by atoms with van der Waals surface area (Å²) in [6.07, 6.45) is 3.54. The van der Waals surface area contributed by atoms with Gasteiger partial charge in [0.15, 0.2) is 0 Å². The molecular weight excluding hydrogens is 196 g/mol. The molecule has 0 aliphatic heterocycles. The third-order valence-electron chi connectivity index (χ3n) is 1.33. The average molecular weight is 215 g/mol.